The first-order valence-corrected chi connectivity index (χ1v) is 11.4. The lowest BCUT2D eigenvalue weighted by atomic mass is 10.1. The Labute approximate surface area is 181 Å². The largest absolute Gasteiger partial charge is 0.377 e. The van der Waals surface area contributed by atoms with Gasteiger partial charge in [-0.25, -0.2) is 12.8 Å². The minimum atomic E-state index is -4.09. The number of aryl methyl sites for hydroxylation is 1. The second-order valence-electron chi connectivity index (χ2n) is 7.30. The molecule has 1 fully saturated rings. The van der Waals surface area contributed by atoms with E-state index < -0.39 is 28.3 Å². The first-order valence-electron chi connectivity index (χ1n) is 9.61. The maximum absolute atomic E-state index is 13.5. The Hall–Kier alpha value is -2.00. The molecule has 0 radical (unpaired) electrons. The zero-order valence-corrected chi connectivity index (χ0v) is 18.4. The standard InChI is InChI=1S/C21H24ClFN2O4S/c1-14-5-3-7-20(15(14)2)24-21(26)13-25(12-16-6-4-10-29-16)30(27,28)17-8-9-19(23)18(22)11-17/h3,5,7-9,11,16H,4,6,10,12-13H2,1-2H3,(H,24,26). The third-order valence-corrected chi connectivity index (χ3v) is 7.26. The topological polar surface area (TPSA) is 75.7 Å². The molecule has 2 aromatic carbocycles. The van der Waals surface area contributed by atoms with Crippen molar-refractivity contribution in [2.24, 2.45) is 0 Å². The van der Waals surface area contributed by atoms with Crippen molar-refractivity contribution < 1.29 is 22.3 Å². The minimum absolute atomic E-state index is 0.0253. The number of halogens is 2. The van der Waals surface area contributed by atoms with Crippen LogP contribution in [0.1, 0.15) is 24.0 Å². The first-order chi connectivity index (χ1) is 14.2. The lowest BCUT2D eigenvalue weighted by molar-refractivity contribution is -0.116. The highest BCUT2D eigenvalue weighted by Gasteiger charge is 2.31. The number of ether oxygens (including phenoxy) is 1. The molecule has 1 unspecified atom stereocenters. The van der Waals surface area contributed by atoms with E-state index in [1.54, 1.807) is 6.07 Å². The predicted molar refractivity (Wildman–Crippen MR) is 114 cm³/mol. The number of benzene rings is 2. The lowest BCUT2D eigenvalue weighted by Gasteiger charge is -2.24. The normalized spacial score (nSPS) is 16.8. The molecule has 1 atom stereocenters. The number of sulfonamides is 1. The fourth-order valence-electron chi connectivity index (χ4n) is 3.29. The van der Waals surface area contributed by atoms with Gasteiger partial charge in [0.25, 0.3) is 0 Å². The van der Waals surface area contributed by atoms with Gasteiger partial charge in [0.05, 0.1) is 22.6 Å². The first kappa shape index (κ1) is 22.7. The second kappa shape index (κ2) is 9.43. The van der Waals surface area contributed by atoms with E-state index in [0.717, 1.165) is 40.1 Å². The second-order valence-corrected chi connectivity index (χ2v) is 9.65. The van der Waals surface area contributed by atoms with Gasteiger partial charge in [-0.1, -0.05) is 23.7 Å². The summed E-state index contributed by atoms with van der Waals surface area (Å²) in [6.07, 6.45) is 1.23. The summed E-state index contributed by atoms with van der Waals surface area (Å²) in [7, 11) is -4.09. The number of carbonyl (C=O) groups is 1. The fourth-order valence-corrected chi connectivity index (χ4v) is 4.99. The van der Waals surface area contributed by atoms with Crippen molar-refractivity contribution in [2.45, 2.75) is 37.7 Å². The van der Waals surface area contributed by atoms with Gasteiger partial charge in [-0.3, -0.25) is 4.79 Å². The number of nitrogens with one attached hydrogen (secondary N) is 1. The molecule has 6 nitrogen and oxygen atoms in total. The van der Waals surface area contributed by atoms with Gasteiger partial charge in [-0.05, 0) is 62.1 Å². The summed E-state index contributed by atoms with van der Waals surface area (Å²) in [5, 5.41) is 2.48. The number of hydrogen-bond donors (Lipinski definition) is 1. The Balaban J connectivity index is 1.85. The summed E-state index contributed by atoms with van der Waals surface area (Å²) in [6.45, 7) is 3.99. The van der Waals surface area contributed by atoms with Crippen LogP contribution >= 0.6 is 11.6 Å². The molecule has 3 rings (SSSR count). The van der Waals surface area contributed by atoms with Crippen molar-refractivity contribution in [2.75, 3.05) is 25.0 Å². The molecule has 0 saturated carbocycles. The van der Waals surface area contributed by atoms with Crippen LogP contribution in [0.4, 0.5) is 10.1 Å². The summed E-state index contributed by atoms with van der Waals surface area (Å²) in [5.74, 6) is -1.19. The monoisotopic (exact) mass is 454 g/mol. The number of anilines is 1. The van der Waals surface area contributed by atoms with Gasteiger partial charge in [0.2, 0.25) is 15.9 Å². The summed E-state index contributed by atoms with van der Waals surface area (Å²) in [4.78, 5) is 12.5. The van der Waals surface area contributed by atoms with E-state index in [1.165, 1.54) is 0 Å². The SMILES string of the molecule is Cc1cccc(NC(=O)CN(CC2CCCO2)S(=O)(=O)c2ccc(F)c(Cl)c2)c1C. The Morgan fingerprint density at radius 2 is 2.07 bits per heavy atom. The van der Waals surface area contributed by atoms with Crippen LogP contribution in [-0.4, -0.2) is 44.4 Å². The van der Waals surface area contributed by atoms with Crippen LogP contribution in [0.15, 0.2) is 41.3 Å². The molecular weight excluding hydrogens is 431 g/mol. The van der Waals surface area contributed by atoms with Crippen LogP contribution in [0.5, 0.6) is 0 Å². The van der Waals surface area contributed by atoms with Crippen LogP contribution in [0.25, 0.3) is 0 Å². The van der Waals surface area contributed by atoms with Crippen molar-refractivity contribution in [3.05, 3.63) is 58.4 Å². The lowest BCUT2D eigenvalue weighted by Crippen LogP contribution is -2.42. The van der Waals surface area contributed by atoms with Gasteiger partial charge in [0, 0.05) is 18.8 Å². The third kappa shape index (κ3) is 5.18. The molecule has 162 valence electrons. The van der Waals surface area contributed by atoms with E-state index >= 15 is 0 Å². The van der Waals surface area contributed by atoms with Gasteiger partial charge < -0.3 is 10.1 Å². The molecule has 1 aliphatic rings. The Kier molecular flexibility index (Phi) is 7.13. The number of amides is 1. The van der Waals surface area contributed by atoms with Crippen LogP contribution < -0.4 is 5.32 Å². The predicted octanol–water partition coefficient (Wildman–Crippen LogP) is 3.90. The summed E-state index contributed by atoms with van der Waals surface area (Å²) in [6, 6.07) is 8.70. The Morgan fingerprint density at radius 1 is 1.30 bits per heavy atom. The maximum Gasteiger partial charge on any atom is 0.243 e. The van der Waals surface area contributed by atoms with E-state index in [4.69, 9.17) is 16.3 Å². The Morgan fingerprint density at radius 3 is 2.73 bits per heavy atom. The molecule has 1 saturated heterocycles. The highest BCUT2D eigenvalue weighted by molar-refractivity contribution is 7.89. The van der Waals surface area contributed by atoms with Crippen molar-refractivity contribution in [3.63, 3.8) is 0 Å². The quantitative estimate of drug-likeness (QED) is 0.688. The van der Waals surface area contributed by atoms with E-state index in [-0.39, 0.29) is 22.6 Å². The summed E-state index contributed by atoms with van der Waals surface area (Å²) in [5.41, 5.74) is 2.54. The van der Waals surface area contributed by atoms with Crippen molar-refractivity contribution in [1.82, 2.24) is 4.31 Å². The molecule has 1 heterocycles. The molecule has 0 aliphatic carbocycles. The average Bonchev–Trinajstić information content (AvgIpc) is 3.20. The van der Waals surface area contributed by atoms with Crippen LogP contribution in [0, 0.1) is 19.7 Å². The Bertz CT molecular complexity index is 1040. The molecule has 1 amide bonds. The van der Waals surface area contributed by atoms with Gasteiger partial charge in [-0.2, -0.15) is 4.31 Å². The number of carbonyl (C=O) groups excluding carboxylic acids is 1. The number of hydrogen-bond acceptors (Lipinski definition) is 4. The smallest absolute Gasteiger partial charge is 0.243 e. The molecule has 0 aromatic heterocycles. The molecular formula is C21H24ClFN2O4S. The van der Waals surface area contributed by atoms with Crippen molar-refractivity contribution >= 4 is 33.2 Å². The van der Waals surface area contributed by atoms with E-state index in [9.17, 15) is 17.6 Å². The van der Waals surface area contributed by atoms with Crippen LogP contribution in [0.3, 0.4) is 0 Å². The molecule has 0 spiro atoms. The number of rotatable bonds is 7. The molecule has 1 N–H and O–H groups in total. The van der Waals surface area contributed by atoms with Gasteiger partial charge in [0.15, 0.2) is 0 Å². The van der Waals surface area contributed by atoms with E-state index in [0.29, 0.717) is 18.7 Å². The molecule has 0 bridgehead atoms. The zero-order chi connectivity index (χ0) is 21.9. The van der Waals surface area contributed by atoms with Crippen molar-refractivity contribution in [1.29, 1.82) is 0 Å². The highest BCUT2D eigenvalue weighted by atomic mass is 35.5. The fraction of sp³-hybridized carbons (Fsp3) is 0.381. The molecule has 1 aliphatic heterocycles. The molecule has 30 heavy (non-hydrogen) atoms. The van der Waals surface area contributed by atoms with Crippen LogP contribution in [0.2, 0.25) is 5.02 Å². The van der Waals surface area contributed by atoms with Crippen molar-refractivity contribution in [3.8, 4) is 0 Å². The van der Waals surface area contributed by atoms with Crippen LogP contribution in [-0.2, 0) is 19.6 Å². The molecule has 2 aromatic rings. The number of nitrogens with zero attached hydrogens (tertiary/aromatic N) is 1. The summed E-state index contributed by atoms with van der Waals surface area (Å²) < 4.78 is 46.5. The minimum Gasteiger partial charge on any atom is -0.377 e. The van der Waals surface area contributed by atoms with E-state index in [2.05, 4.69) is 5.32 Å². The van der Waals surface area contributed by atoms with Gasteiger partial charge in [-0.15, -0.1) is 0 Å². The van der Waals surface area contributed by atoms with E-state index in [1.807, 2.05) is 26.0 Å². The van der Waals surface area contributed by atoms with Gasteiger partial charge >= 0.3 is 0 Å². The third-order valence-electron chi connectivity index (χ3n) is 5.16. The maximum atomic E-state index is 13.5. The average molecular weight is 455 g/mol. The summed E-state index contributed by atoms with van der Waals surface area (Å²) >= 11 is 5.78. The van der Waals surface area contributed by atoms with Gasteiger partial charge in [0.1, 0.15) is 5.82 Å². The highest BCUT2D eigenvalue weighted by Crippen LogP contribution is 2.25. The zero-order valence-electron chi connectivity index (χ0n) is 16.8. The molecule has 9 heteroatoms.